The molecule has 0 spiro atoms. The van der Waals surface area contributed by atoms with Crippen LogP contribution in [-0.4, -0.2) is 23.0 Å². The Morgan fingerprint density at radius 1 is 1.48 bits per heavy atom. The van der Waals surface area contributed by atoms with Gasteiger partial charge in [0.25, 0.3) is 5.91 Å². The molecule has 0 unspecified atom stereocenters. The first-order chi connectivity index (χ1) is 10.1. The van der Waals surface area contributed by atoms with Crippen LogP contribution in [0, 0.1) is 5.92 Å². The van der Waals surface area contributed by atoms with Crippen LogP contribution in [-0.2, 0) is 14.3 Å². The van der Waals surface area contributed by atoms with Crippen molar-refractivity contribution in [1.29, 1.82) is 0 Å². The minimum absolute atomic E-state index is 0.160. The highest BCUT2D eigenvalue weighted by Gasteiger charge is 2.25. The molecule has 1 aliphatic carbocycles. The molecule has 0 saturated carbocycles. The number of halogens is 1. The molecule has 1 N–H and O–H groups in total. The van der Waals surface area contributed by atoms with Gasteiger partial charge in [0, 0.05) is 6.20 Å². The van der Waals surface area contributed by atoms with Gasteiger partial charge in [0.2, 0.25) is 0 Å². The smallest absolute Gasteiger partial charge is 0.310 e. The summed E-state index contributed by atoms with van der Waals surface area (Å²) in [6, 6.07) is 3.29. The van der Waals surface area contributed by atoms with Crippen LogP contribution in [0.2, 0.25) is 5.15 Å². The molecule has 1 aromatic rings. The average molecular weight is 309 g/mol. The molecular weight excluding hydrogens is 292 g/mol. The first kappa shape index (κ1) is 15.5. The van der Waals surface area contributed by atoms with Crippen molar-refractivity contribution in [1.82, 2.24) is 4.98 Å². The lowest BCUT2D eigenvalue weighted by Gasteiger charge is -2.19. The monoisotopic (exact) mass is 308 g/mol. The maximum Gasteiger partial charge on any atom is 0.310 e. The number of esters is 1. The fourth-order valence-electron chi connectivity index (χ4n) is 2.05. The second-order valence-electron chi connectivity index (χ2n) is 4.89. The van der Waals surface area contributed by atoms with Gasteiger partial charge < -0.3 is 10.1 Å². The number of pyridine rings is 1. The van der Waals surface area contributed by atoms with Crippen molar-refractivity contribution >= 4 is 29.2 Å². The van der Waals surface area contributed by atoms with Gasteiger partial charge >= 0.3 is 5.97 Å². The van der Waals surface area contributed by atoms with Gasteiger partial charge in [0.1, 0.15) is 0 Å². The van der Waals surface area contributed by atoms with Crippen molar-refractivity contribution in [2.75, 3.05) is 5.32 Å². The molecule has 2 atom stereocenters. The number of hydrogen-bond acceptors (Lipinski definition) is 4. The molecule has 0 bridgehead atoms. The standard InChI is InChI=1S/C15H17ClN2O3/c1-10(21-15(20)11-6-3-2-4-7-11)14(19)18-12-8-5-9-17-13(12)16/h2-3,5,8-11H,4,6-7H2,1H3,(H,18,19)/t10-,11-/m0/s1. The Bertz CT molecular complexity index is 560. The molecule has 0 aliphatic heterocycles. The van der Waals surface area contributed by atoms with Gasteiger partial charge in [0.15, 0.2) is 11.3 Å². The van der Waals surface area contributed by atoms with E-state index < -0.39 is 12.0 Å². The van der Waals surface area contributed by atoms with Crippen molar-refractivity contribution in [3.05, 3.63) is 35.6 Å². The number of ether oxygens (including phenoxy) is 1. The maximum atomic E-state index is 12.0. The zero-order chi connectivity index (χ0) is 15.2. The van der Waals surface area contributed by atoms with Crippen LogP contribution in [0.5, 0.6) is 0 Å². The lowest BCUT2D eigenvalue weighted by atomic mass is 9.95. The zero-order valence-corrected chi connectivity index (χ0v) is 12.5. The number of allylic oxidation sites excluding steroid dienone is 2. The van der Waals surface area contributed by atoms with Gasteiger partial charge in [-0.05, 0) is 38.3 Å². The van der Waals surface area contributed by atoms with Crippen LogP contribution < -0.4 is 5.32 Å². The maximum absolute atomic E-state index is 12.0. The normalized spacial score (nSPS) is 18.9. The van der Waals surface area contributed by atoms with Gasteiger partial charge in [0.05, 0.1) is 11.6 Å². The second kappa shape index (κ2) is 7.22. The summed E-state index contributed by atoms with van der Waals surface area (Å²) in [5, 5.41) is 2.79. The highest BCUT2D eigenvalue weighted by Crippen LogP contribution is 2.21. The van der Waals surface area contributed by atoms with Gasteiger partial charge in [-0.1, -0.05) is 23.8 Å². The molecule has 1 aliphatic rings. The molecule has 112 valence electrons. The van der Waals surface area contributed by atoms with Crippen molar-refractivity contribution in [3.8, 4) is 0 Å². The van der Waals surface area contributed by atoms with Gasteiger partial charge in [-0.15, -0.1) is 0 Å². The molecule has 1 aromatic heterocycles. The number of rotatable bonds is 4. The predicted octanol–water partition coefficient (Wildman–Crippen LogP) is 2.96. The fourth-order valence-corrected chi connectivity index (χ4v) is 2.21. The first-order valence-corrected chi connectivity index (χ1v) is 7.22. The molecule has 0 radical (unpaired) electrons. The summed E-state index contributed by atoms with van der Waals surface area (Å²) in [4.78, 5) is 27.8. The third-order valence-electron chi connectivity index (χ3n) is 3.28. The predicted molar refractivity (Wildman–Crippen MR) is 79.9 cm³/mol. The van der Waals surface area contributed by atoms with Crippen LogP contribution >= 0.6 is 11.6 Å². The van der Waals surface area contributed by atoms with E-state index in [0.29, 0.717) is 12.1 Å². The highest BCUT2D eigenvalue weighted by atomic mass is 35.5. The Labute approximate surface area is 128 Å². The third-order valence-corrected chi connectivity index (χ3v) is 3.58. The number of amides is 1. The van der Waals surface area contributed by atoms with E-state index in [1.54, 1.807) is 12.1 Å². The van der Waals surface area contributed by atoms with Gasteiger partial charge in [-0.25, -0.2) is 4.98 Å². The summed E-state index contributed by atoms with van der Waals surface area (Å²) in [7, 11) is 0. The quantitative estimate of drug-likeness (QED) is 0.527. The summed E-state index contributed by atoms with van der Waals surface area (Å²) in [6.45, 7) is 1.54. The number of aromatic nitrogens is 1. The summed E-state index contributed by atoms with van der Waals surface area (Å²) >= 11 is 5.86. The van der Waals surface area contributed by atoms with Gasteiger partial charge in [-0.2, -0.15) is 0 Å². The number of hydrogen-bond donors (Lipinski definition) is 1. The molecular formula is C15H17ClN2O3. The minimum atomic E-state index is -0.875. The number of carbonyl (C=O) groups excluding carboxylic acids is 2. The fraction of sp³-hybridized carbons (Fsp3) is 0.400. The Hall–Kier alpha value is -1.88. The van der Waals surface area contributed by atoms with E-state index >= 15 is 0 Å². The van der Waals surface area contributed by atoms with Crippen LogP contribution in [0.1, 0.15) is 26.2 Å². The number of carbonyl (C=O) groups is 2. The molecule has 0 fully saturated rings. The average Bonchev–Trinajstić information content (AvgIpc) is 2.50. The van der Waals surface area contributed by atoms with Crippen molar-refractivity contribution in [2.24, 2.45) is 5.92 Å². The van der Waals surface area contributed by atoms with Crippen LogP contribution in [0.15, 0.2) is 30.5 Å². The Morgan fingerprint density at radius 3 is 2.95 bits per heavy atom. The van der Waals surface area contributed by atoms with Crippen LogP contribution in [0.3, 0.4) is 0 Å². The Morgan fingerprint density at radius 2 is 2.29 bits per heavy atom. The second-order valence-corrected chi connectivity index (χ2v) is 5.25. The molecule has 2 rings (SSSR count). The minimum Gasteiger partial charge on any atom is -0.452 e. The van der Waals surface area contributed by atoms with E-state index in [1.165, 1.54) is 13.1 Å². The number of nitrogens with zero attached hydrogens (tertiary/aromatic N) is 1. The Balaban J connectivity index is 1.89. The zero-order valence-electron chi connectivity index (χ0n) is 11.7. The largest absolute Gasteiger partial charge is 0.452 e. The van der Waals surface area contributed by atoms with E-state index in [4.69, 9.17) is 16.3 Å². The van der Waals surface area contributed by atoms with Gasteiger partial charge in [-0.3, -0.25) is 9.59 Å². The third kappa shape index (κ3) is 4.29. The first-order valence-electron chi connectivity index (χ1n) is 6.85. The van der Waals surface area contributed by atoms with E-state index in [-0.39, 0.29) is 17.0 Å². The summed E-state index contributed by atoms with van der Waals surface area (Å²) < 4.78 is 5.22. The lowest BCUT2D eigenvalue weighted by Crippen LogP contribution is -2.32. The molecule has 21 heavy (non-hydrogen) atoms. The molecule has 0 aromatic carbocycles. The lowest BCUT2D eigenvalue weighted by molar-refractivity contribution is -0.157. The van der Waals surface area contributed by atoms with E-state index in [0.717, 1.165) is 12.8 Å². The SMILES string of the molecule is C[C@H](OC(=O)[C@H]1CC=CCC1)C(=O)Nc1cccnc1Cl. The number of nitrogens with one attached hydrogen (secondary N) is 1. The van der Waals surface area contributed by atoms with Crippen molar-refractivity contribution in [2.45, 2.75) is 32.3 Å². The van der Waals surface area contributed by atoms with Crippen LogP contribution in [0.4, 0.5) is 5.69 Å². The van der Waals surface area contributed by atoms with E-state index in [9.17, 15) is 9.59 Å². The summed E-state index contributed by atoms with van der Waals surface area (Å²) in [6.07, 6.45) is 6.96. The molecule has 1 amide bonds. The molecule has 6 heteroatoms. The van der Waals surface area contributed by atoms with Crippen molar-refractivity contribution in [3.63, 3.8) is 0 Å². The van der Waals surface area contributed by atoms with Crippen molar-refractivity contribution < 1.29 is 14.3 Å². The summed E-state index contributed by atoms with van der Waals surface area (Å²) in [5.41, 5.74) is 0.396. The topological polar surface area (TPSA) is 68.3 Å². The summed E-state index contributed by atoms with van der Waals surface area (Å²) in [5.74, 6) is -0.920. The van der Waals surface area contributed by atoms with E-state index in [2.05, 4.69) is 10.3 Å². The van der Waals surface area contributed by atoms with E-state index in [1.807, 2.05) is 12.2 Å². The number of anilines is 1. The highest BCUT2D eigenvalue weighted by molar-refractivity contribution is 6.32. The molecule has 0 saturated heterocycles. The molecule has 1 heterocycles. The molecule has 5 nitrogen and oxygen atoms in total. The Kier molecular flexibility index (Phi) is 5.33. The van der Waals surface area contributed by atoms with Crippen LogP contribution in [0.25, 0.3) is 0 Å².